The molecular weight excluding hydrogens is 364 g/mol. The normalized spacial score (nSPS) is 15.5. The number of nitrogens with zero attached hydrogens (tertiary/aromatic N) is 1. The van der Waals surface area contributed by atoms with Crippen molar-refractivity contribution in [1.82, 2.24) is 5.32 Å². The van der Waals surface area contributed by atoms with Crippen LogP contribution in [0.3, 0.4) is 0 Å². The van der Waals surface area contributed by atoms with Crippen molar-refractivity contribution in [2.24, 2.45) is 0 Å². The summed E-state index contributed by atoms with van der Waals surface area (Å²) in [6.07, 6.45) is 1.36. The zero-order valence-electron chi connectivity index (χ0n) is 14.8. The highest BCUT2D eigenvalue weighted by atomic mass is 16.5. The topological polar surface area (TPSA) is 113 Å². The Bertz CT molecular complexity index is 994. The molecule has 0 aliphatic carbocycles. The van der Waals surface area contributed by atoms with Crippen molar-refractivity contribution >= 4 is 35.6 Å². The van der Waals surface area contributed by atoms with Crippen LogP contribution in [0, 0.1) is 6.92 Å². The first kappa shape index (κ1) is 18.8. The van der Waals surface area contributed by atoms with Gasteiger partial charge in [0.05, 0.1) is 5.69 Å². The van der Waals surface area contributed by atoms with Crippen LogP contribution in [0.5, 0.6) is 5.75 Å². The van der Waals surface area contributed by atoms with E-state index in [9.17, 15) is 19.2 Å². The first-order valence-electron chi connectivity index (χ1n) is 8.28. The molecule has 1 heterocycles. The quantitative estimate of drug-likeness (QED) is 0.607. The molecule has 2 aromatic rings. The van der Waals surface area contributed by atoms with Crippen LogP contribution in [0.15, 0.2) is 54.1 Å². The monoisotopic (exact) mass is 380 g/mol. The van der Waals surface area contributed by atoms with E-state index in [-0.39, 0.29) is 5.57 Å². The predicted octanol–water partition coefficient (Wildman–Crippen LogP) is 2.12. The Balaban J connectivity index is 1.87. The van der Waals surface area contributed by atoms with E-state index in [0.717, 1.165) is 10.5 Å². The molecule has 2 N–H and O–H groups in total. The van der Waals surface area contributed by atoms with Crippen LogP contribution in [-0.2, 0) is 14.4 Å². The largest absolute Gasteiger partial charge is 0.482 e. The standard InChI is InChI=1S/C20H16N2O6/c1-12-3-2-4-14(9-12)22-19(26)16(18(25)21-20(22)27)10-13-5-7-15(8-6-13)28-11-17(23)24/h2-10H,11H2,1H3,(H,23,24)(H,21,25,27). The number of imide groups is 2. The number of carbonyl (C=O) groups excluding carboxylic acids is 3. The smallest absolute Gasteiger partial charge is 0.341 e. The van der Waals surface area contributed by atoms with E-state index in [2.05, 4.69) is 5.32 Å². The molecule has 4 amide bonds. The van der Waals surface area contributed by atoms with Crippen molar-refractivity contribution in [3.05, 3.63) is 65.2 Å². The highest BCUT2D eigenvalue weighted by molar-refractivity contribution is 6.39. The lowest BCUT2D eigenvalue weighted by molar-refractivity contribution is -0.139. The number of aliphatic carboxylic acids is 1. The fraction of sp³-hybridized carbons (Fsp3) is 0.100. The number of barbiturate groups is 1. The van der Waals surface area contributed by atoms with Crippen molar-refractivity contribution in [1.29, 1.82) is 0 Å². The SMILES string of the molecule is Cc1cccc(N2C(=O)NC(=O)C(=Cc3ccc(OCC(=O)O)cc3)C2=O)c1. The van der Waals surface area contributed by atoms with Gasteiger partial charge in [-0.2, -0.15) is 0 Å². The summed E-state index contributed by atoms with van der Waals surface area (Å²) in [7, 11) is 0. The molecule has 0 radical (unpaired) electrons. The van der Waals surface area contributed by atoms with Gasteiger partial charge in [-0.05, 0) is 48.4 Å². The Morgan fingerprint density at radius 3 is 2.50 bits per heavy atom. The average molecular weight is 380 g/mol. The number of hydrogen-bond donors (Lipinski definition) is 2. The molecule has 0 saturated carbocycles. The second-order valence-corrected chi connectivity index (χ2v) is 6.05. The van der Waals surface area contributed by atoms with Crippen LogP contribution in [0.25, 0.3) is 6.08 Å². The molecule has 142 valence electrons. The van der Waals surface area contributed by atoms with Crippen LogP contribution in [-0.4, -0.2) is 35.5 Å². The minimum absolute atomic E-state index is 0.194. The third-order valence-corrected chi connectivity index (χ3v) is 3.91. The van der Waals surface area contributed by atoms with Gasteiger partial charge in [0.2, 0.25) is 0 Å². The molecule has 0 unspecified atom stereocenters. The highest BCUT2D eigenvalue weighted by Gasteiger charge is 2.36. The molecule has 28 heavy (non-hydrogen) atoms. The van der Waals surface area contributed by atoms with Gasteiger partial charge in [-0.25, -0.2) is 14.5 Å². The van der Waals surface area contributed by atoms with E-state index in [0.29, 0.717) is 17.0 Å². The Morgan fingerprint density at radius 1 is 1.14 bits per heavy atom. The molecule has 1 fully saturated rings. The number of urea groups is 1. The predicted molar refractivity (Wildman–Crippen MR) is 99.8 cm³/mol. The molecular formula is C20H16N2O6. The summed E-state index contributed by atoms with van der Waals surface area (Å²) in [4.78, 5) is 48.6. The maximum Gasteiger partial charge on any atom is 0.341 e. The first-order valence-corrected chi connectivity index (χ1v) is 8.28. The van der Waals surface area contributed by atoms with Crippen LogP contribution >= 0.6 is 0 Å². The summed E-state index contributed by atoms with van der Waals surface area (Å²) in [5.41, 5.74) is 1.54. The summed E-state index contributed by atoms with van der Waals surface area (Å²) in [6, 6.07) is 12.2. The molecule has 0 aromatic heterocycles. The Kier molecular flexibility index (Phi) is 5.21. The number of amides is 4. The van der Waals surface area contributed by atoms with E-state index in [1.54, 1.807) is 30.3 Å². The van der Waals surface area contributed by atoms with Gasteiger partial charge in [0.25, 0.3) is 11.8 Å². The average Bonchev–Trinajstić information content (AvgIpc) is 2.64. The molecule has 1 saturated heterocycles. The van der Waals surface area contributed by atoms with Crippen LogP contribution in [0.4, 0.5) is 10.5 Å². The van der Waals surface area contributed by atoms with E-state index in [4.69, 9.17) is 9.84 Å². The van der Waals surface area contributed by atoms with E-state index < -0.39 is 30.4 Å². The molecule has 0 atom stereocenters. The Labute approximate surface area is 160 Å². The van der Waals surface area contributed by atoms with E-state index in [1.807, 2.05) is 13.0 Å². The van der Waals surface area contributed by atoms with Gasteiger partial charge in [-0.3, -0.25) is 14.9 Å². The van der Waals surface area contributed by atoms with Crippen molar-refractivity contribution < 1.29 is 29.0 Å². The minimum atomic E-state index is -1.10. The van der Waals surface area contributed by atoms with Crippen molar-refractivity contribution in [3.63, 3.8) is 0 Å². The lowest BCUT2D eigenvalue weighted by atomic mass is 10.1. The summed E-state index contributed by atoms with van der Waals surface area (Å²) >= 11 is 0. The van der Waals surface area contributed by atoms with Crippen molar-refractivity contribution in [2.75, 3.05) is 11.5 Å². The molecule has 0 bridgehead atoms. The van der Waals surface area contributed by atoms with E-state index >= 15 is 0 Å². The van der Waals surface area contributed by atoms with Gasteiger partial charge in [0.1, 0.15) is 11.3 Å². The molecule has 0 spiro atoms. The number of benzene rings is 2. The Morgan fingerprint density at radius 2 is 1.86 bits per heavy atom. The molecule has 1 aliphatic heterocycles. The van der Waals surface area contributed by atoms with Gasteiger partial charge in [0, 0.05) is 0 Å². The van der Waals surface area contributed by atoms with Crippen LogP contribution in [0.1, 0.15) is 11.1 Å². The zero-order valence-corrected chi connectivity index (χ0v) is 14.8. The van der Waals surface area contributed by atoms with Gasteiger partial charge >= 0.3 is 12.0 Å². The van der Waals surface area contributed by atoms with Crippen LogP contribution in [0.2, 0.25) is 0 Å². The molecule has 1 aliphatic rings. The number of hydrogen-bond acceptors (Lipinski definition) is 5. The summed E-state index contributed by atoms with van der Waals surface area (Å²) in [5.74, 6) is -2.28. The van der Waals surface area contributed by atoms with E-state index in [1.165, 1.54) is 18.2 Å². The third-order valence-electron chi connectivity index (χ3n) is 3.91. The van der Waals surface area contributed by atoms with Gasteiger partial charge in [-0.15, -0.1) is 0 Å². The number of ether oxygens (including phenoxy) is 1. The number of carbonyl (C=O) groups is 4. The molecule has 3 rings (SSSR count). The van der Waals surface area contributed by atoms with Crippen molar-refractivity contribution in [2.45, 2.75) is 6.92 Å². The molecule has 8 heteroatoms. The fourth-order valence-electron chi connectivity index (χ4n) is 2.63. The number of carboxylic acid groups (broad SMARTS) is 1. The van der Waals surface area contributed by atoms with Crippen LogP contribution < -0.4 is 15.0 Å². The summed E-state index contributed by atoms with van der Waals surface area (Å²) in [5, 5.41) is 10.8. The molecule has 2 aromatic carbocycles. The molecule has 8 nitrogen and oxygen atoms in total. The zero-order chi connectivity index (χ0) is 20.3. The maximum atomic E-state index is 12.8. The second kappa shape index (κ2) is 7.75. The lowest BCUT2D eigenvalue weighted by Crippen LogP contribution is -2.54. The first-order chi connectivity index (χ1) is 13.3. The second-order valence-electron chi connectivity index (χ2n) is 6.05. The van der Waals surface area contributed by atoms with Crippen molar-refractivity contribution in [3.8, 4) is 5.75 Å². The minimum Gasteiger partial charge on any atom is -0.482 e. The number of carboxylic acids is 1. The highest BCUT2D eigenvalue weighted by Crippen LogP contribution is 2.23. The van der Waals surface area contributed by atoms with Gasteiger partial charge in [-0.1, -0.05) is 24.3 Å². The number of nitrogens with one attached hydrogen (secondary N) is 1. The number of anilines is 1. The van der Waals surface area contributed by atoms with Gasteiger partial charge in [0.15, 0.2) is 6.61 Å². The summed E-state index contributed by atoms with van der Waals surface area (Å²) in [6.45, 7) is 1.35. The van der Waals surface area contributed by atoms with Gasteiger partial charge < -0.3 is 9.84 Å². The maximum absolute atomic E-state index is 12.8. The fourth-order valence-corrected chi connectivity index (χ4v) is 2.63. The number of aryl methyl sites for hydroxylation is 1. The number of rotatable bonds is 5. The summed E-state index contributed by atoms with van der Waals surface area (Å²) < 4.78 is 5.04. The Hall–Kier alpha value is -3.94. The lowest BCUT2D eigenvalue weighted by Gasteiger charge is -2.26. The third kappa shape index (κ3) is 4.07.